The van der Waals surface area contributed by atoms with Crippen LogP contribution in [0.4, 0.5) is 5.69 Å². The van der Waals surface area contributed by atoms with Crippen LogP contribution in [0.5, 0.6) is 0 Å². The van der Waals surface area contributed by atoms with Gasteiger partial charge < -0.3 is 10.4 Å². The predicted octanol–water partition coefficient (Wildman–Crippen LogP) is 1.98. The number of anilines is 1. The van der Waals surface area contributed by atoms with Crippen LogP contribution in [0.1, 0.15) is 12.8 Å². The molecule has 0 aliphatic carbocycles. The summed E-state index contributed by atoms with van der Waals surface area (Å²) in [6, 6.07) is 7.09. The van der Waals surface area contributed by atoms with Crippen LogP contribution in [0.15, 0.2) is 24.3 Å². The number of hydrogen-bond donors (Lipinski definition) is 2. The summed E-state index contributed by atoms with van der Waals surface area (Å²) in [6.07, 6.45) is 1.89. The SMILES string of the molecule is O=C(CN1CCC(CCO)C1)Nc1ccc(Cl)cc1. The number of hydrogen-bond acceptors (Lipinski definition) is 3. The Balaban J connectivity index is 1.77. The fourth-order valence-corrected chi connectivity index (χ4v) is 2.54. The lowest BCUT2D eigenvalue weighted by Crippen LogP contribution is -2.31. The van der Waals surface area contributed by atoms with Crippen LogP contribution in [0.25, 0.3) is 0 Å². The van der Waals surface area contributed by atoms with Crippen molar-refractivity contribution in [1.82, 2.24) is 4.90 Å². The highest BCUT2D eigenvalue weighted by atomic mass is 35.5. The fourth-order valence-electron chi connectivity index (χ4n) is 2.41. The predicted molar refractivity (Wildman–Crippen MR) is 76.3 cm³/mol. The first-order valence-electron chi connectivity index (χ1n) is 6.56. The van der Waals surface area contributed by atoms with E-state index in [1.807, 2.05) is 0 Å². The van der Waals surface area contributed by atoms with Crippen LogP contribution in [0.2, 0.25) is 5.02 Å². The summed E-state index contributed by atoms with van der Waals surface area (Å²) in [6.45, 7) is 2.47. The Labute approximate surface area is 118 Å². The van der Waals surface area contributed by atoms with Crippen LogP contribution < -0.4 is 5.32 Å². The minimum atomic E-state index is -0.00743. The summed E-state index contributed by atoms with van der Waals surface area (Å²) in [5.74, 6) is 0.514. The summed E-state index contributed by atoms with van der Waals surface area (Å²) in [4.78, 5) is 14.0. The Morgan fingerprint density at radius 3 is 2.84 bits per heavy atom. The Kier molecular flexibility index (Phi) is 5.19. The molecule has 4 nitrogen and oxygen atoms in total. The molecule has 1 unspecified atom stereocenters. The number of likely N-dealkylation sites (tertiary alicyclic amines) is 1. The third kappa shape index (κ3) is 4.49. The highest BCUT2D eigenvalue weighted by Gasteiger charge is 2.23. The molecule has 2 N–H and O–H groups in total. The van der Waals surface area contributed by atoms with Crippen molar-refractivity contribution >= 4 is 23.2 Å². The highest BCUT2D eigenvalue weighted by molar-refractivity contribution is 6.30. The van der Waals surface area contributed by atoms with Crippen molar-refractivity contribution in [3.05, 3.63) is 29.3 Å². The van der Waals surface area contributed by atoms with Crippen molar-refractivity contribution in [3.8, 4) is 0 Å². The third-order valence-corrected chi connectivity index (χ3v) is 3.65. The van der Waals surface area contributed by atoms with Crippen molar-refractivity contribution in [3.63, 3.8) is 0 Å². The largest absolute Gasteiger partial charge is 0.396 e. The number of nitrogens with one attached hydrogen (secondary N) is 1. The first-order valence-corrected chi connectivity index (χ1v) is 6.94. The average molecular weight is 283 g/mol. The van der Waals surface area contributed by atoms with E-state index in [0.717, 1.165) is 31.6 Å². The Morgan fingerprint density at radius 2 is 2.16 bits per heavy atom. The van der Waals surface area contributed by atoms with E-state index in [1.54, 1.807) is 24.3 Å². The molecule has 1 amide bonds. The maximum atomic E-state index is 11.9. The van der Waals surface area contributed by atoms with Crippen molar-refractivity contribution in [2.45, 2.75) is 12.8 Å². The minimum absolute atomic E-state index is 0.00743. The topological polar surface area (TPSA) is 52.6 Å². The second-order valence-electron chi connectivity index (χ2n) is 4.96. The Morgan fingerprint density at radius 1 is 1.42 bits per heavy atom. The van der Waals surface area contributed by atoms with Crippen molar-refractivity contribution in [2.75, 3.05) is 31.6 Å². The molecule has 1 heterocycles. The number of aliphatic hydroxyl groups is 1. The molecule has 0 aromatic heterocycles. The molecule has 1 atom stereocenters. The standard InChI is InChI=1S/C14H19ClN2O2/c15-12-1-3-13(4-2-12)16-14(19)10-17-7-5-11(9-17)6-8-18/h1-4,11,18H,5-10H2,(H,16,19). The van der Waals surface area contributed by atoms with E-state index >= 15 is 0 Å². The summed E-state index contributed by atoms with van der Waals surface area (Å²) >= 11 is 5.79. The van der Waals surface area contributed by atoms with Gasteiger partial charge in [0.2, 0.25) is 5.91 Å². The van der Waals surface area contributed by atoms with Crippen molar-refractivity contribution in [1.29, 1.82) is 0 Å². The maximum Gasteiger partial charge on any atom is 0.238 e. The van der Waals surface area contributed by atoms with Gasteiger partial charge >= 0.3 is 0 Å². The Hall–Kier alpha value is -1.10. The van der Waals surface area contributed by atoms with Gasteiger partial charge in [0.25, 0.3) is 0 Å². The molecular weight excluding hydrogens is 264 g/mol. The summed E-state index contributed by atoms with van der Waals surface area (Å²) < 4.78 is 0. The normalized spacial score (nSPS) is 19.6. The van der Waals surface area contributed by atoms with Gasteiger partial charge in [0.15, 0.2) is 0 Å². The molecule has 1 fully saturated rings. The van der Waals surface area contributed by atoms with Gasteiger partial charge in [-0.15, -0.1) is 0 Å². The molecule has 2 rings (SSSR count). The smallest absolute Gasteiger partial charge is 0.238 e. The third-order valence-electron chi connectivity index (χ3n) is 3.40. The summed E-state index contributed by atoms with van der Waals surface area (Å²) in [5, 5.41) is 12.4. The molecule has 1 aliphatic heterocycles. The van der Waals surface area contributed by atoms with Gasteiger partial charge in [-0.3, -0.25) is 9.69 Å². The second kappa shape index (κ2) is 6.89. The average Bonchev–Trinajstić information content (AvgIpc) is 2.80. The van der Waals surface area contributed by atoms with Crippen LogP contribution in [-0.4, -0.2) is 42.2 Å². The van der Waals surface area contributed by atoms with Gasteiger partial charge in [-0.05, 0) is 49.6 Å². The summed E-state index contributed by atoms with van der Waals surface area (Å²) in [5.41, 5.74) is 0.764. The first-order chi connectivity index (χ1) is 9.17. The minimum Gasteiger partial charge on any atom is -0.396 e. The number of nitrogens with zero attached hydrogens (tertiary/aromatic N) is 1. The molecule has 1 aromatic carbocycles. The van der Waals surface area contributed by atoms with Crippen LogP contribution >= 0.6 is 11.6 Å². The molecule has 0 saturated carbocycles. The molecule has 1 aromatic rings. The van der Waals surface area contributed by atoms with E-state index in [-0.39, 0.29) is 12.5 Å². The number of amides is 1. The van der Waals surface area contributed by atoms with Crippen LogP contribution in [0.3, 0.4) is 0 Å². The van der Waals surface area contributed by atoms with E-state index in [0.29, 0.717) is 17.5 Å². The molecule has 104 valence electrons. The monoisotopic (exact) mass is 282 g/mol. The molecule has 1 aliphatic rings. The first kappa shape index (κ1) is 14.3. The zero-order valence-corrected chi connectivity index (χ0v) is 11.6. The van der Waals surface area contributed by atoms with E-state index in [4.69, 9.17) is 16.7 Å². The quantitative estimate of drug-likeness (QED) is 0.868. The Bertz CT molecular complexity index is 422. The number of carbonyl (C=O) groups excluding carboxylic acids is 1. The number of aliphatic hydroxyl groups excluding tert-OH is 1. The van der Waals surface area contributed by atoms with E-state index in [2.05, 4.69) is 10.2 Å². The van der Waals surface area contributed by atoms with Crippen molar-refractivity contribution < 1.29 is 9.90 Å². The fraction of sp³-hybridized carbons (Fsp3) is 0.500. The van der Waals surface area contributed by atoms with Crippen LogP contribution in [0, 0.1) is 5.92 Å². The molecule has 0 spiro atoms. The maximum absolute atomic E-state index is 11.9. The van der Waals surface area contributed by atoms with Gasteiger partial charge in [-0.25, -0.2) is 0 Å². The van der Waals surface area contributed by atoms with E-state index < -0.39 is 0 Å². The molecule has 1 saturated heterocycles. The van der Waals surface area contributed by atoms with Crippen LogP contribution in [-0.2, 0) is 4.79 Å². The zero-order chi connectivity index (χ0) is 13.7. The molecule has 5 heteroatoms. The number of carbonyl (C=O) groups is 1. The lowest BCUT2D eigenvalue weighted by molar-refractivity contribution is -0.117. The van der Waals surface area contributed by atoms with E-state index in [1.165, 1.54) is 0 Å². The second-order valence-corrected chi connectivity index (χ2v) is 5.39. The number of halogens is 1. The lowest BCUT2D eigenvalue weighted by atomic mass is 10.1. The van der Waals surface area contributed by atoms with Gasteiger partial charge in [-0.2, -0.15) is 0 Å². The highest BCUT2D eigenvalue weighted by Crippen LogP contribution is 2.19. The number of rotatable bonds is 5. The van der Waals surface area contributed by atoms with Gasteiger partial charge in [-0.1, -0.05) is 11.6 Å². The number of benzene rings is 1. The molecular formula is C14H19ClN2O2. The van der Waals surface area contributed by atoms with Gasteiger partial charge in [0, 0.05) is 23.9 Å². The molecule has 19 heavy (non-hydrogen) atoms. The summed E-state index contributed by atoms with van der Waals surface area (Å²) in [7, 11) is 0. The van der Waals surface area contributed by atoms with E-state index in [9.17, 15) is 4.79 Å². The molecule has 0 bridgehead atoms. The lowest BCUT2D eigenvalue weighted by Gasteiger charge is -2.15. The van der Waals surface area contributed by atoms with Gasteiger partial charge in [0.05, 0.1) is 6.54 Å². The molecule has 0 radical (unpaired) electrons. The van der Waals surface area contributed by atoms with Gasteiger partial charge in [0.1, 0.15) is 0 Å². The van der Waals surface area contributed by atoms with Crippen molar-refractivity contribution in [2.24, 2.45) is 5.92 Å². The zero-order valence-electron chi connectivity index (χ0n) is 10.8.